The number of hydrogen-bond acceptors (Lipinski definition) is 4. The zero-order valence-electron chi connectivity index (χ0n) is 8.20. The highest BCUT2D eigenvalue weighted by atomic mass is 79.9. The van der Waals surface area contributed by atoms with Crippen LogP contribution < -0.4 is 5.32 Å². The van der Waals surface area contributed by atoms with Gasteiger partial charge in [-0.3, -0.25) is 4.79 Å². The lowest BCUT2D eigenvalue weighted by Gasteiger charge is -2.10. The Hall–Kier alpha value is -0.430. The largest absolute Gasteiger partial charge is 0.389 e. The predicted octanol–water partition coefficient (Wildman–Crippen LogP) is 1.25. The van der Waals surface area contributed by atoms with E-state index in [2.05, 4.69) is 21.2 Å². The molecular formula is C9H12BrNO3S. The summed E-state index contributed by atoms with van der Waals surface area (Å²) in [6.07, 6.45) is -0.669. The molecular weight excluding hydrogens is 282 g/mol. The Morgan fingerprint density at radius 3 is 3.07 bits per heavy atom. The molecule has 1 unspecified atom stereocenters. The number of carbonyl (C=O) groups excluding carboxylic acids is 1. The first kappa shape index (κ1) is 12.6. The second kappa shape index (κ2) is 6.22. The van der Waals surface area contributed by atoms with Gasteiger partial charge in [-0.2, -0.15) is 0 Å². The standard InChI is InChI=1S/C9H12BrNO3S/c1-14-5-6(12)4-11-9(13)8-7(10)2-3-15-8/h2-3,6,12H,4-5H2,1H3,(H,11,13). The molecule has 0 aromatic carbocycles. The van der Waals surface area contributed by atoms with Crippen molar-refractivity contribution >= 4 is 33.2 Å². The van der Waals surface area contributed by atoms with Gasteiger partial charge in [-0.05, 0) is 27.4 Å². The summed E-state index contributed by atoms with van der Waals surface area (Å²) in [7, 11) is 1.50. The van der Waals surface area contributed by atoms with Crippen LogP contribution in [0.15, 0.2) is 15.9 Å². The number of rotatable bonds is 5. The Kier molecular flexibility index (Phi) is 5.24. The summed E-state index contributed by atoms with van der Waals surface area (Å²) in [5.41, 5.74) is 0. The third-order valence-electron chi connectivity index (χ3n) is 1.68. The van der Waals surface area contributed by atoms with Crippen LogP contribution in [0.1, 0.15) is 9.67 Å². The van der Waals surface area contributed by atoms with Crippen LogP contribution in [0.4, 0.5) is 0 Å². The van der Waals surface area contributed by atoms with Gasteiger partial charge in [0.25, 0.3) is 5.91 Å². The number of thiophene rings is 1. The zero-order chi connectivity index (χ0) is 11.3. The number of aliphatic hydroxyl groups excluding tert-OH is 1. The lowest BCUT2D eigenvalue weighted by atomic mass is 10.3. The molecule has 6 heteroatoms. The van der Waals surface area contributed by atoms with Crippen molar-refractivity contribution in [3.05, 3.63) is 20.8 Å². The van der Waals surface area contributed by atoms with Gasteiger partial charge in [-0.15, -0.1) is 11.3 Å². The molecule has 0 aliphatic heterocycles. The van der Waals surface area contributed by atoms with Crippen molar-refractivity contribution in [3.8, 4) is 0 Å². The lowest BCUT2D eigenvalue weighted by molar-refractivity contribution is 0.0610. The monoisotopic (exact) mass is 293 g/mol. The summed E-state index contributed by atoms with van der Waals surface area (Å²) in [4.78, 5) is 12.2. The van der Waals surface area contributed by atoms with Gasteiger partial charge < -0.3 is 15.2 Å². The van der Waals surface area contributed by atoms with Gasteiger partial charge in [-0.1, -0.05) is 0 Å². The Bertz CT molecular complexity index is 329. The van der Waals surface area contributed by atoms with E-state index in [-0.39, 0.29) is 19.1 Å². The van der Waals surface area contributed by atoms with Crippen LogP contribution in [0.25, 0.3) is 0 Å². The first-order chi connectivity index (χ1) is 7.15. The molecule has 4 nitrogen and oxygen atoms in total. The van der Waals surface area contributed by atoms with E-state index in [4.69, 9.17) is 4.74 Å². The maximum absolute atomic E-state index is 11.6. The highest BCUT2D eigenvalue weighted by Crippen LogP contribution is 2.22. The fourth-order valence-corrected chi connectivity index (χ4v) is 2.47. The molecule has 0 fully saturated rings. The van der Waals surface area contributed by atoms with E-state index in [0.717, 1.165) is 4.47 Å². The number of amides is 1. The van der Waals surface area contributed by atoms with Gasteiger partial charge in [-0.25, -0.2) is 0 Å². The maximum Gasteiger partial charge on any atom is 0.262 e. The van der Waals surface area contributed by atoms with Gasteiger partial charge in [0.1, 0.15) is 4.88 Å². The minimum absolute atomic E-state index is 0.188. The number of methoxy groups -OCH3 is 1. The van der Waals surface area contributed by atoms with Crippen molar-refractivity contribution in [2.75, 3.05) is 20.3 Å². The normalized spacial score (nSPS) is 12.5. The van der Waals surface area contributed by atoms with E-state index < -0.39 is 6.10 Å². The Morgan fingerprint density at radius 2 is 2.53 bits per heavy atom. The number of ether oxygens (including phenoxy) is 1. The summed E-state index contributed by atoms with van der Waals surface area (Å²) in [5.74, 6) is -0.188. The van der Waals surface area contributed by atoms with Crippen molar-refractivity contribution in [1.82, 2.24) is 5.32 Å². The molecule has 2 N–H and O–H groups in total. The Balaban J connectivity index is 2.40. The highest BCUT2D eigenvalue weighted by Gasteiger charge is 2.12. The number of halogens is 1. The van der Waals surface area contributed by atoms with Gasteiger partial charge in [0.05, 0.1) is 12.7 Å². The molecule has 84 valence electrons. The summed E-state index contributed by atoms with van der Waals surface area (Å²) >= 11 is 4.62. The van der Waals surface area contributed by atoms with E-state index in [1.807, 2.05) is 11.4 Å². The fourth-order valence-electron chi connectivity index (χ4n) is 0.998. The quantitative estimate of drug-likeness (QED) is 0.859. The third-order valence-corrected chi connectivity index (χ3v) is 3.52. The topological polar surface area (TPSA) is 58.6 Å². The van der Waals surface area contributed by atoms with Crippen molar-refractivity contribution < 1.29 is 14.6 Å². The Morgan fingerprint density at radius 1 is 1.80 bits per heavy atom. The number of hydrogen-bond donors (Lipinski definition) is 2. The maximum atomic E-state index is 11.6. The molecule has 0 radical (unpaired) electrons. The predicted molar refractivity (Wildman–Crippen MR) is 62.2 cm³/mol. The van der Waals surface area contributed by atoms with Crippen LogP contribution in [-0.2, 0) is 4.74 Å². The minimum atomic E-state index is -0.669. The van der Waals surface area contributed by atoms with Gasteiger partial charge in [0.2, 0.25) is 0 Å². The molecule has 1 atom stereocenters. The van der Waals surface area contributed by atoms with E-state index >= 15 is 0 Å². The number of nitrogens with one attached hydrogen (secondary N) is 1. The van der Waals surface area contributed by atoms with E-state index in [0.29, 0.717) is 4.88 Å². The summed E-state index contributed by atoms with van der Waals surface area (Å²) in [6, 6.07) is 1.81. The SMILES string of the molecule is COCC(O)CNC(=O)c1sccc1Br. The van der Waals surface area contributed by atoms with Crippen molar-refractivity contribution in [1.29, 1.82) is 0 Å². The van der Waals surface area contributed by atoms with Gasteiger partial charge in [0, 0.05) is 18.1 Å². The molecule has 0 aliphatic rings. The number of aliphatic hydroxyl groups is 1. The lowest BCUT2D eigenvalue weighted by Crippen LogP contribution is -2.34. The summed E-state index contributed by atoms with van der Waals surface area (Å²) < 4.78 is 5.51. The van der Waals surface area contributed by atoms with Crippen molar-refractivity contribution in [2.45, 2.75) is 6.10 Å². The van der Waals surface area contributed by atoms with Gasteiger partial charge >= 0.3 is 0 Å². The number of carbonyl (C=O) groups is 1. The van der Waals surface area contributed by atoms with Crippen LogP contribution in [0.5, 0.6) is 0 Å². The van der Waals surface area contributed by atoms with E-state index in [1.165, 1.54) is 18.4 Å². The molecule has 1 heterocycles. The molecule has 1 aromatic rings. The second-order valence-corrected chi connectivity index (χ2v) is 4.69. The Labute approximate surface area is 100 Å². The van der Waals surface area contributed by atoms with Gasteiger partial charge in [0.15, 0.2) is 0 Å². The molecule has 1 amide bonds. The fraction of sp³-hybridized carbons (Fsp3) is 0.444. The average molecular weight is 294 g/mol. The van der Waals surface area contributed by atoms with Crippen molar-refractivity contribution in [2.24, 2.45) is 0 Å². The van der Waals surface area contributed by atoms with Crippen LogP contribution in [0.3, 0.4) is 0 Å². The van der Waals surface area contributed by atoms with E-state index in [9.17, 15) is 9.90 Å². The van der Waals surface area contributed by atoms with Crippen LogP contribution >= 0.6 is 27.3 Å². The molecule has 1 rings (SSSR count). The third kappa shape index (κ3) is 3.90. The first-order valence-electron chi connectivity index (χ1n) is 4.33. The zero-order valence-corrected chi connectivity index (χ0v) is 10.6. The van der Waals surface area contributed by atoms with Crippen LogP contribution in [0.2, 0.25) is 0 Å². The highest BCUT2D eigenvalue weighted by molar-refractivity contribution is 9.10. The molecule has 0 saturated heterocycles. The molecule has 15 heavy (non-hydrogen) atoms. The minimum Gasteiger partial charge on any atom is -0.389 e. The molecule has 0 aliphatic carbocycles. The summed E-state index contributed by atoms with van der Waals surface area (Å²) in [5, 5.41) is 13.8. The van der Waals surface area contributed by atoms with Crippen molar-refractivity contribution in [3.63, 3.8) is 0 Å². The van der Waals surface area contributed by atoms with Crippen LogP contribution in [-0.4, -0.2) is 37.4 Å². The second-order valence-electron chi connectivity index (χ2n) is 2.92. The molecule has 1 aromatic heterocycles. The molecule has 0 bridgehead atoms. The first-order valence-corrected chi connectivity index (χ1v) is 6.00. The molecule has 0 saturated carbocycles. The summed E-state index contributed by atoms with van der Waals surface area (Å²) in [6.45, 7) is 0.406. The van der Waals surface area contributed by atoms with Crippen LogP contribution in [0, 0.1) is 0 Å². The average Bonchev–Trinajstić information content (AvgIpc) is 2.61. The van der Waals surface area contributed by atoms with E-state index in [1.54, 1.807) is 0 Å². The molecule has 0 spiro atoms. The smallest absolute Gasteiger partial charge is 0.262 e.